The fraction of sp³-hybridized carbons (Fsp3) is 0.647. The quantitative estimate of drug-likeness (QED) is 0.702. The van der Waals surface area contributed by atoms with E-state index in [-0.39, 0.29) is 12.2 Å². The molecule has 20 heavy (non-hydrogen) atoms. The van der Waals surface area contributed by atoms with E-state index in [9.17, 15) is 0 Å². The third-order valence-electron chi connectivity index (χ3n) is 3.01. The Hall–Kier alpha value is -0.900. The molecule has 1 rings (SSSR count). The van der Waals surface area contributed by atoms with Gasteiger partial charge in [-0.1, -0.05) is 43.7 Å². The zero-order valence-electron chi connectivity index (χ0n) is 13.5. The third kappa shape index (κ3) is 7.04. The summed E-state index contributed by atoms with van der Waals surface area (Å²) in [6.45, 7) is 12.6. The predicted molar refractivity (Wildman–Crippen MR) is 84.1 cm³/mol. The second-order valence-corrected chi connectivity index (χ2v) is 5.75. The second kappa shape index (κ2) is 9.11. The van der Waals surface area contributed by atoms with E-state index in [1.165, 1.54) is 11.1 Å². The van der Waals surface area contributed by atoms with E-state index in [1.54, 1.807) is 0 Å². The molecular weight excluding hydrogens is 250 g/mol. The average Bonchev–Trinajstić information content (AvgIpc) is 2.38. The first-order chi connectivity index (χ1) is 9.49. The molecule has 0 bridgehead atoms. The van der Waals surface area contributed by atoms with Gasteiger partial charge in [0, 0.05) is 12.6 Å². The van der Waals surface area contributed by atoms with Crippen molar-refractivity contribution in [3.8, 4) is 0 Å². The normalized spacial score (nSPS) is 13.2. The molecule has 0 aliphatic carbocycles. The molecule has 0 aliphatic rings. The van der Waals surface area contributed by atoms with Crippen LogP contribution in [0.15, 0.2) is 24.3 Å². The van der Waals surface area contributed by atoms with Crippen molar-refractivity contribution in [3.05, 3.63) is 35.4 Å². The van der Waals surface area contributed by atoms with E-state index in [1.807, 2.05) is 13.8 Å². The Kier molecular flexibility index (Phi) is 7.82. The van der Waals surface area contributed by atoms with Crippen LogP contribution >= 0.6 is 0 Å². The minimum atomic E-state index is 0.0776. The molecule has 114 valence electrons. The highest BCUT2D eigenvalue weighted by atomic mass is 16.5. The monoisotopic (exact) mass is 279 g/mol. The van der Waals surface area contributed by atoms with Crippen LogP contribution in [0.1, 0.15) is 44.9 Å². The van der Waals surface area contributed by atoms with Gasteiger partial charge < -0.3 is 14.8 Å². The molecule has 1 atom stereocenters. The Morgan fingerprint density at radius 3 is 2.10 bits per heavy atom. The Labute approximate surface area is 123 Å². The van der Waals surface area contributed by atoms with Crippen molar-refractivity contribution in [3.63, 3.8) is 0 Å². The van der Waals surface area contributed by atoms with Gasteiger partial charge in [-0.2, -0.15) is 0 Å². The zero-order valence-corrected chi connectivity index (χ0v) is 13.5. The summed E-state index contributed by atoms with van der Waals surface area (Å²) < 4.78 is 11.5. The number of aryl methyl sites for hydroxylation is 1. The lowest BCUT2D eigenvalue weighted by atomic mass is 10.1. The van der Waals surface area contributed by atoms with Crippen LogP contribution in [-0.4, -0.2) is 31.9 Å². The Morgan fingerprint density at radius 2 is 1.55 bits per heavy atom. The number of ether oxygens (including phenoxy) is 2. The van der Waals surface area contributed by atoms with Gasteiger partial charge in [-0.05, 0) is 26.3 Å². The van der Waals surface area contributed by atoms with E-state index in [2.05, 4.69) is 50.4 Å². The molecule has 0 spiro atoms. The van der Waals surface area contributed by atoms with E-state index in [4.69, 9.17) is 9.47 Å². The molecule has 0 aliphatic heterocycles. The van der Waals surface area contributed by atoms with Gasteiger partial charge in [0.15, 0.2) is 0 Å². The van der Waals surface area contributed by atoms with E-state index in [0.717, 1.165) is 6.54 Å². The smallest absolute Gasteiger partial charge is 0.0950 e. The summed E-state index contributed by atoms with van der Waals surface area (Å²) in [7, 11) is 0. The van der Waals surface area contributed by atoms with Crippen molar-refractivity contribution < 1.29 is 9.47 Å². The van der Waals surface area contributed by atoms with Crippen molar-refractivity contribution in [2.45, 2.75) is 52.9 Å². The summed E-state index contributed by atoms with van der Waals surface area (Å²) >= 11 is 0. The average molecular weight is 279 g/mol. The number of hydrogen-bond acceptors (Lipinski definition) is 3. The van der Waals surface area contributed by atoms with Gasteiger partial charge in [0.1, 0.15) is 0 Å². The van der Waals surface area contributed by atoms with Gasteiger partial charge in [-0.3, -0.25) is 0 Å². The molecule has 0 amide bonds. The molecule has 0 fully saturated rings. The van der Waals surface area contributed by atoms with Crippen LogP contribution in [0.5, 0.6) is 0 Å². The van der Waals surface area contributed by atoms with Gasteiger partial charge in [-0.25, -0.2) is 0 Å². The first-order valence-electron chi connectivity index (χ1n) is 7.52. The second-order valence-electron chi connectivity index (χ2n) is 5.75. The van der Waals surface area contributed by atoms with Crippen molar-refractivity contribution in [1.82, 2.24) is 5.32 Å². The summed E-state index contributed by atoms with van der Waals surface area (Å²) in [5.74, 6) is 0. The van der Waals surface area contributed by atoms with Crippen molar-refractivity contribution >= 4 is 0 Å². The minimum Gasteiger partial charge on any atom is -0.376 e. The number of hydrogen-bond donors (Lipinski definition) is 1. The van der Waals surface area contributed by atoms with Crippen molar-refractivity contribution in [2.24, 2.45) is 0 Å². The summed E-state index contributed by atoms with van der Waals surface area (Å²) in [4.78, 5) is 0. The van der Waals surface area contributed by atoms with E-state index >= 15 is 0 Å². The molecule has 0 aromatic heterocycles. The van der Waals surface area contributed by atoms with Crippen LogP contribution in [0.25, 0.3) is 0 Å². The highest BCUT2D eigenvalue weighted by Gasteiger charge is 2.12. The van der Waals surface area contributed by atoms with Gasteiger partial charge >= 0.3 is 0 Å². The Balaban J connectivity index is 2.53. The Bertz CT molecular complexity index is 360. The van der Waals surface area contributed by atoms with Gasteiger partial charge in [0.25, 0.3) is 0 Å². The summed E-state index contributed by atoms with van der Waals surface area (Å²) in [5.41, 5.74) is 2.49. The van der Waals surface area contributed by atoms with Crippen LogP contribution in [0.3, 0.4) is 0 Å². The molecular formula is C17H29NO2. The van der Waals surface area contributed by atoms with Crippen LogP contribution < -0.4 is 5.32 Å². The molecule has 0 radical (unpaired) electrons. The maximum Gasteiger partial charge on any atom is 0.0950 e. The number of rotatable bonds is 9. The maximum atomic E-state index is 5.98. The van der Waals surface area contributed by atoms with Crippen molar-refractivity contribution in [1.29, 1.82) is 0 Å². The van der Waals surface area contributed by atoms with Crippen LogP contribution in [0.4, 0.5) is 0 Å². The topological polar surface area (TPSA) is 30.5 Å². The van der Waals surface area contributed by atoms with Crippen molar-refractivity contribution in [2.75, 3.05) is 19.8 Å². The van der Waals surface area contributed by atoms with Crippen LogP contribution in [0.2, 0.25) is 0 Å². The third-order valence-corrected chi connectivity index (χ3v) is 3.01. The summed E-state index contributed by atoms with van der Waals surface area (Å²) in [6.07, 6.45) is 0.332. The lowest BCUT2D eigenvalue weighted by Gasteiger charge is -2.21. The molecule has 3 nitrogen and oxygen atoms in total. The number of benzene rings is 1. The predicted octanol–water partition coefficient (Wildman–Crippen LogP) is 3.48. The standard InChI is InChI=1S/C17H29NO2/c1-13(2)18-12-17(20-11-10-19-14(3)4)16-8-6-15(5)7-9-16/h6-9,13-14,17-18H,10-12H2,1-5H3. The van der Waals surface area contributed by atoms with Crippen LogP contribution in [-0.2, 0) is 9.47 Å². The summed E-state index contributed by atoms with van der Waals surface area (Å²) in [5, 5.41) is 3.44. The molecule has 1 N–H and O–H groups in total. The lowest BCUT2D eigenvalue weighted by molar-refractivity contribution is -0.0135. The molecule has 1 unspecified atom stereocenters. The van der Waals surface area contributed by atoms with E-state index < -0.39 is 0 Å². The minimum absolute atomic E-state index is 0.0776. The number of nitrogens with one attached hydrogen (secondary N) is 1. The fourth-order valence-electron chi connectivity index (χ4n) is 1.87. The molecule has 0 saturated heterocycles. The highest BCUT2D eigenvalue weighted by Crippen LogP contribution is 2.17. The fourth-order valence-corrected chi connectivity index (χ4v) is 1.87. The largest absolute Gasteiger partial charge is 0.376 e. The van der Waals surface area contributed by atoms with Gasteiger partial charge in [0.2, 0.25) is 0 Å². The first kappa shape index (κ1) is 17.2. The molecule has 0 saturated carbocycles. The van der Waals surface area contributed by atoms with Gasteiger partial charge in [-0.15, -0.1) is 0 Å². The zero-order chi connectivity index (χ0) is 15.0. The lowest BCUT2D eigenvalue weighted by Crippen LogP contribution is -2.29. The Morgan fingerprint density at radius 1 is 0.950 bits per heavy atom. The molecule has 0 heterocycles. The van der Waals surface area contributed by atoms with E-state index in [0.29, 0.717) is 19.3 Å². The molecule has 1 aromatic rings. The molecule has 3 heteroatoms. The molecule has 1 aromatic carbocycles. The van der Waals surface area contributed by atoms with Gasteiger partial charge in [0.05, 0.1) is 25.4 Å². The summed E-state index contributed by atoms with van der Waals surface area (Å²) in [6, 6.07) is 9.01. The first-order valence-corrected chi connectivity index (χ1v) is 7.52. The maximum absolute atomic E-state index is 5.98. The SMILES string of the molecule is Cc1ccc(C(CNC(C)C)OCCOC(C)C)cc1. The van der Waals surface area contributed by atoms with Crippen LogP contribution in [0, 0.1) is 6.92 Å². The highest BCUT2D eigenvalue weighted by molar-refractivity contribution is 5.23.